The summed E-state index contributed by atoms with van der Waals surface area (Å²) in [6.07, 6.45) is 1.70. The smallest absolute Gasteiger partial charge is 0.141 e. The van der Waals surface area contributed by atoms with Crippen molar-refractivity contribution >= 4 is 22.0 Å². The summed E-state index contributed by atoms with van der Waals surface area (Å²) in [5, 5.41) is 9.23. The van der Waals surface area contributed by atoms with Crippen LogP contribution in [0.2, 0.25) is 0 Å². The highest BCUT2D eigenvalue weighted by molar-refractivity contribution is 9.11. The Morgan fingerprint density at radius 2 is 2.27 bits per heavy atom. The minimum atomic E-state index is 0.200. The molecule has 0 aliphatic heterocycles. The minimum absolute atomic E-state index is 0.200. The van der Waals surface area contributed by atoms with E-state index in [4.69, 9.17) is 0 Å². The van der Waals surface area contributed by atoms with Gasteiger partial charge in [0.15, 0.2) is 0 Å². The highest BCUT2D eigenvalue weighted by atomic mass is 79.9. The zero-order chi connectivity index (χ0) is 8.27. The Balaban J connectivity index is 3.12. The van der Waals surface area contributed by atoms with E-state index in [-0.39, 0.29) is 5.75 Å². The Labute approximate surface area is 73.7 Å². The molecule has 0 saturated heterocycles. The van der Waals surface area contributed by atoms with Crippen LogP contribution >= 0.6 is 15.9 Å². The monoisotopic (exact) mass is 213 g/mol. The average Bonchev–Trinajstić information content (AvgIpc) is 1.98. The van der Waals surface area contributed by atoms with Crippen molar-refractivity contribution in [3.8, 4) is 5.75 Å². The number of aryl methyl sites for hydroxylation is 1. The van der Waals surface area contributed by atoms with Crippen molar-refractivity contribution in [2.75, 3.05) is 0 Å². The number of halogens is 1. The number of hydrogen-bond acceptors (Lipinski definition) is 2. The van der Waals surface area contributed by atoms with E-state index in [2.05, 4.69) is 20.9 Å². The summed E-state index contributed by atoms with van der Waals surface area (Å²) >= 11 is 3.11. The topological polar surface area (TPSA) is 33.1 Å². The molecule has 1 rings (SSSR count). The number of aromatic hydroxyl groups is 1. The first-order valence-corrected chi connectivity index (χ1v) is 4.09. The van der Waals surface area contributed by atoms with Crippen LogP contribution in [0.4, 0.5) is 0 Å². The summed E-state index contributed by atoms with van der Waals surface area (Å²) in [5.74, 6) is 0.200. The maximum absolute atomic E-state index is 9.23. The van der Waals surface area contributed by atoms with Crippen molar-refractivity contribution in [2.24, 2.45) is 0 Å². The molecule has 0 amide bonds. The molecule has 11 heavy (non-hydrogen) atoms. The molecule has 58 valence electrons. The van der Waals surface area contributed by atoms with E-state index in [0.29, 0.717) is 5.69 Å². The van der Waals surface area contributed by atoms with Gasteiger partial charge in [0.05, 0.1) is 0 Å². The Kier molecular flexibility index (Phi) is 2.65. The van der Waals surface area contributed by atoms with Crippen LogP contribution in [0.15, 0.2) is 17.1 Å². The fourth-order valence-corrected chi connectivity index (χ4v) is 1.00. The lowest BCUT2D eigenvalue weighted by Crippen LogP contribution is -1.84. The molecule has 0 aromatic carbocycles. The Hall–Kier alpha value is -0.830. The Bertz CT molecular complexity index is 283. The van der Waals surface area contributed by atoms with Crippen molar-refractivity contribution in [1.29, 1.82) is 0 Å². The maximum Gasteiger partial charge on any atom is 0.141 e. The third kappa shape index (κ3) is 2.05. The molecule has 0 aliphatic rings. The summed E-state index contributed by atoms with van der Waals surface area (Å²) in [6, 6.07) is 3.39. The summed E-state index contributed by atoms with van der Waals surface area (Å²) in [7, 11) is 0. The second-order valence-corrected chi connectivity index (χ2v) is 2.68. The zero-order valence-corrected chi connectivity index (χ0v) is 7.67. The van der Waals surface area contributed by atoms with Crippen LogP contribution in [0.25, 0.3) is 6.08 Å². The van der Waals surface area contributed by atoms with E-state index in [9.17, 15) is 5.11 Å². The third-order valence-corrected chi connectivity index (χ3v) is 1.53. The molecule has 2 nitrogen and oxygen atoms in total. The maximum atomic E-state index is 9.23. The van der Waals surface area contributed by atoms with E-state index in [1.165, 1.54) is 0 Å². The fraction of sp³-hybridized carbons (Fsp3) is 0.125. The number of aromatic nitrogens is 1. The first-order chi connectivity index (χ1) is 5.24. The van der Waals surface area contributed by atoms with E-state index in [1.54, 1.807) is 23.2 Å². The predicted octanol–water partition coefficient (Wildman–Crippen LogP) is 2.46. The normalized spacial score (nSPS) is 10.7. The molecule has 0 unspecified atom stereocenters. The van der Waals surface area contributed by atoms with Gasteiger partial charge in [-0.1, -0.05) is 15.9 Å². The third-order valence-electron chi connectivity index (χ3n) is 1.26. The molecular formula is C8H8BrNO. The standard InChI is InChI=1S/C8H8BrNO/c1-6-2-3-8(11)7(10-6)4-5-9/h2-5,11H,1H3/b5-4+. The molecular weight excluding hydrogens is 206 g/mol. The van der Waals surface area contributed by atoms with Gasteiger partial charge < -0.3 is 5.11 Å². The zero-order valence-electron chi connectivity index (χ0n) is 6.08. The second kappa shape index (κ2) is 3.53. The fourth-order valence-electron chi connectivity index (χ4n) is 0.752. The van der Waals surface area contributed by atoms with E-state index in [1.807, 2.05) is 6.92 Å². The molecule has 0 saturated carbocycles. The lowest BCUT2D eigenvalue weighted by Gasteiger charge is -1.97. The molecule has 0 fully saturated rings. The van der Waals surface area contributed by atoms with Gasteiger partial charge in [-0.05, 0) is 30.1 Å². The lowest BCUT2D eigenvalue weighted by molar-refractivity contribution is 0.471. The molecule has 0 spiro atoms. The van der Waals surface area contributed by atoms with Gasteiger partial charge in [0, 0.05) is 5.69 Å². The van der Waals surface area contributed by atoms with Crippen molar-refractivity contribution < 1.29 is 5.11 Å². The highest BCUT2D eigenvalue weighted by Crippen LogP contribution is 2.16. The number of nitrogens with zero attached hydrogens (tertiary/aromatic N) is 1. The minimum Gasteiger partial charge on any atom is -0.506 e. The quantitative estimate of drug-likeness (QED) is 0.778. The van der Waals surface area contributed by atoms with Gasteiger partial charge in [0.1, 0.15) is 11.4 Å². The molecule has 1 heterocycles. The van der Waals surface area contributed by atoms with E-state index >= 15 is 0 Å². The Morgan fingerprint density at radius 1 is 1.55 bits per heavy atom. The molecule has 1 N–H and O–H groups in total. The summed E-state index contributed by atoms with van der Waals surface area (Å²) in [5.41, 5.74) is 1.48. The summed E-state index contributed by atoms with van der Waals surface area (Å²) < 4.78 is 0. The molecule has 0 bridgehead atoms. The van der Waals surface area contributed by atoms with Crippen molar-refractivity contribution in [2.45, 2.75) is 6.92 Å². The first-order valence-electron chi connectivity index (χ1n) is 3.17. The lowest BCUT2D eigenvalue weighted by atomic mass is 10.3. The van der Waals surface area contributed by atoms with Gasteiger partial charge in [-0.3, -0.25) is 0 Å². The van der Waals surface area contributed by atoms with Crippen LogP contribution in [-0.2, 0) is 0 Å². The van der Waals surface area contributed by atoms with Gasteiger partial charge in [-0.15, -0.1) is 0 Å². The Morgan fingerprint density at radius 3 is 2.91 bits per heavy atom. The van der Waals surface area contributed by atoms with Crippen molar-refractivity contribution in [1.82, 2.24) is 4.98 Å². The number of hydrogen-bond donors (Lipinski definition) is 1. The van der Waals surface area contributed by atoms with Crippen LogP contribution in [0.5, 0.6) is 5.75 Å². The van der Waals surface area contributed by atoms with Gasteiger partial charge in [0.2, 0.25) is 0 Å². The van der Waals surface area contributed by atoms with Crippen LogP contribution in [0.3, 0.4) is 0 Å². The van der Waals surface area contributed by atoms with Gasteiger partial charge in [-0.25, -0.2) is 4.98 Å². The summed E-state index contributed by atoms with van der Waals surface area (Å²) in [4.78, 5) is 5.76. The van der Waals surface area contributed by atoms with Gasteiger partial charge in [0.25, 0.3) is 0 Å². The molecule has 1 aromatic heterocycles. The van der Waals surface area contributed by atoms with E-state index in [0.717, 1.165) is 5.69 Å². The van der Waals surface area contributed by atoms with Crippen LogP contribution in [-0.4, -0.2) is 10.1 Å². The number of pyridine rings is 1. The second-order valence-electron chi connectivity index (χ2n) is 2.15. The van der Waals surface area contributed by atoms with Crippen molar-refractivity contribution in [3.05, 3.63) is 28.5 Å². The average molecular weight is 214 g/mol. The van der Waals surface area contributed by atoms with Crippen LogP contribution in [0, 0.1) is 6.92 Å². The molecule has 0 radical (unpaired) electrons. The first kappa shape index (κ1) is 8.27. The number of rotatable bonds is 1. The highest BCUT2D eigenvalue weighted by Gasteiger charge is 1.96. The van der Waals surface area contributed by atoms with Gasteiger partial charge in [-0.2, -0.15) is 0 Å². The molecule has 3 heteroatoms. The SMILES string of the molecule is Cc1ccc(O)c(/C=C/Br)n1. The van der Waals surface area contributed by atoms with Crippen LogP contribution in [0.1, 0.15) is 11.4 Å². The van der Waals surface area contributed by atoms with Gasteiger partial charge >= 0.3 is 0 Å². The van der Waals surface area contributed by atoms with Crippen LogP contribution < -0.4 is 0 Å². The van der Waals surface area contributed by atoms with E-state index < -0.39 is 0 Å². The molecule has 0 atom stereocenters. The largest absolute Gasteiger partial charge is 0.506 e. The molecule has 1 aromatic rings. The molecule has 0 aliphatic carbocycles. The summed E-state index contributed by atoms with van der Waals surface area (Å²) in [6.45, 7) is 1.88. The van der Waals surface area contributed by atoms with Crippen molar-refractivity contribution in [3.63, 3.8) is 0 Å². The predicted molar refractivity (Wildman–Crippen MR) is 48.6 cm³/mol.